The Kier molecular flexibility index (Phi) is 7.59. The van der Waals surface area contributed by atoms with E-state index in [0.29, 0.717) is 23.6 Å². The molecule has 2 rings (SSSR count). The molecule has 0 aliphatic carbocycles. The van der Waals surface area contributed by atoms with Crippen molar-refractivity contribution in [2.45, 2.75) is 19.1 Å². The number of methoxy groups -OCH3 is 1. The summed E-state index contributed by atoms with van der Waals surface area (Å²) in [7, 11) is 1.50. The van der Waals surface area contributed by atoms with Crippen LogP contribution in [0.2, 0.25) is 0 Å². The topological polar surface area (TPSA) is 88.0 Å². The molecule has 6 nitrogen and oxygen atoms in total. The SMILES string of the molecule is COc1cc(C(C)=O)ccc1OC[C@@H](O)CNC[C@H](O)c1ccccc1. The maximum atomic E-state index is 11.4. The molecule has 0 heterocycles. The van der Waals surface area contributed by atoms with E-state index >= 15 is 0 Å². The summed E-state index contributed by atoms with van der Waals surface area (Å²) >= 11 is 0. The summed E-state index contributed by atoms with van der Waals surface area (Å²) in [5.41, 5.74) is 1.35. The zero-order chi connectivity index (χ0) is 18.9. The fraction of sp³-hybridized carbons (Fsp3) is 0.350. The average molecular weight is 359 g/mol. The fourth-order valence-corrected chi connectivity index (χ4v) is 2.43. The predicted octanol–water partition coefficient (Wildman–Crippen LogP) is 1.96. The van der Waals surface area contributed by atoms with Crippen LogP contribution in [0.25, 0.3) is 0 Å². The summed E-state index contributed by atoms with van der Waals surface area (Å²) in [6.45, 7) is 2.15. The van der Waals surface area contributed by atoms with Crippen molar-refractivity contribution in [2.75, 3.05) is 26.8 Å². The molecule has 2 aromatic carbocycles. The van der Waals surface area contributed by atoms with Crippen molar-refractivity contribution in [3.05, 3.63) is 59.7 Å². The number of hydrogen-bond donors (Lipinski definition) is 3. The first-order valence-electron chi connectivity index (χ1n) is 8.44. The molecule has 0 saturated carbocycles. The number of rotatable bonds is 10. The molecule has 0 amide bonds. The van der Waals surface area contributed by atoms with Gasteiger partial charge < -0.3 is 25.0 Å². The van der Waals surface area contributed by atoms with Crippen LogP contribution >= 0.6 is 0 Å². The lowest BCUT2D eigenvalue weighted by molar-refractivity contribution is 0.0977. The molecule has 26 heavy (non-hydrogen) atoms. The molecule has 2 atom stereocenters. The highest BCUT2D eigenvalue weighted by Gasteiger charge is 2.12. The molecule has 0 aliphatic rings. The molecule has 0 unspecified atom stereocenters. The number of carbonyl (C=O) groups is 1. The predicted molar refractivity (Wildman–Crippen MR) is 98.8 cm³/mol. The Morgan fingerprint density at radius 2 is 1.81 bits per heavy atom. The molecular formula is C20H25NO5. The van der Waals surface area contributed by atoms with Crippen molar-refractivity contribution in [1.29, 1.82) is 0 Å². The number of Topliss-reactive ketones (excluding diaryl/α,β-unsaturated/α-hetero) is 1. The molecule has 0 aromatic heterocycles. The smallest absolute Gasteiger partial charge is 0.161 e. The van der Waals surface area contributed by atoms with Crippen molar-refractivity contribution in [3.8, 4) is 11.5 Å². The number of ketones is 1. The second kappa shape index (κ2) is 9.91. The normalized spacial score (nSPS) is 13.1. The summed E-state index contributed by atoms with van der Waals surface area (Å²) in [6.07, 6.45) is -1.39. The van der Waals surface area contributed by atoms with Gasteiger partial charge in [0.05, 0.1) is 13.2 Å². The molecule has 0 aliphatic heterocycles. The van der Waals surface area contributed by atoms with E-state index < -0.39 is 12.2 Å². The van der Waals surface area contributed by atoms with Gasteiger partial charge in [-0.3, -0.25) is 4.79 Å². The van der Waals surface area contributed by atoms with Gasteiger partial charge in [0.1, 0.15) is 12.7 Å². The lowest BCUT2D eigenvalue weighted by Gasteiger charge is -2.17. The van der Waals surface area contributed by atoms with Crippen molar-refractivity contribution < 1.29 is 24.5 Å². The summed E-state index contributed by atoms with van der Waals surface area (Å²) in [6, 6.07) is 14.2. The second-order valence-electron chi connectivity index (χ2n) is 5.97. The van der Waals surface area contributed by atoms with Gasteiger partial charge >= 0.3 is 0 Å². The molecule has 0 saturated heterocycles. The van der Waals surface area contributed by atoms with Gasteiger partial charge in [-0.05, 0) is 30.7 Å². The van der Waals surface area contributed by atoms with Crippen LogP contribution in [0.1, 0.15) is 28.9 Å². The van der Waals surface area contributed by atoms with Gasteiger partial charge in [-0.1, -0.05) is 30.3 Å². The van der Waals surface area contributed by atoms with Gasteiger partial charge in [0, 0.05) is 18.7 Å². The van der Waals surface area contributed by atoms with Crippen LogP contribution < -0.4 is 14.8 Å². The monoisotopic (exact) mass is 359 g/mol. The Balaban J connectivity index is 1.78. The van der Waals surface area contributed by atoms with E-state index in [1.807, 2.05) is 30.3 Å². The van der Waals surface area contributed by atoms with Gasteiger partial charge in [-0.15, -0.1) is 0 Å². The van der Waals surface area contributed by atoms with Crippen LogP contribution in [0, 0.1) is 0 Å². The maximum Gasteiger partial charge on any atom is 0.161 e. The zero-order valence-corrected chi connectivity index (χ0v) is 15.0. The highest BCUT2D eigenvalue weighted by Crippen LogP contribution is 2.28. The Bertz CT molecular complexity index is 705. The summed E-state index contributed by atoms with van der Waals surface area (Å²) in [5.74, 6) is 0.842. The van der Waals surface area contributed by atoms with Crippen LogP contribution in [-0.4, -0.2) is 48.9 Å². The largest absolute Gasteiger partial charge is 0.493 e. The van der Waals surface area contributed by atoms with E-state index in [-0.39, 0.29) is 18.9 Å². The Morgan fingerprint density at radius 1 is 1.08 bits per heavy atom. The van der Waals surface area contributed by atoms with Crippen molar-refractivity contribution in [1.82, 2.24) is 5.32 Å². The fourth-order valence-electron chi connectivity index (χ4n) is 2.43. The third kappa shape index (κ3) is 5.84. The standard InChI is InChI=1S/C20H25NO5/c1-14(22)16-8-9-19(20(10-16)25-2)26-13-17(23)11-21-12-18(24)15-6-4-3-5-7-15/h3-10,17-18,21,23-24H,11-13H2,1-2H3/t17-,18-/m0/s1. The van der Waals surface area contributed by atoms with Crippen LogP contribution in [-0.2, 0) is 0 Å². The quantitative estimate of drug-likeness (QED) is 0.562. The van der Waals surface area contributed by atoms with Gasteiger partial charge in [-0.2, -0.15) is 0 Å². The van der Waals surface area contributed by atoms with E-state index in [9.17, 15) is 15.0 Å². The third-order valence-electron chi connectivity index (χ3n) is 3.90. The van der Waals surface area contributed by atoms with Crippen molar-refractivity contribution in [2.24, 2.45) is 0 Å². The molecule has 6 heteroatoms. The van der Waals surface area contributed by atoms with Crippen LogP contribution in [0.4, 0.5) is 0 Å². The van der Waals surface area contributed by atoms with Gasteiger partial charge in [0.15, 0.2) is 17.3 Å². The first kappa shape index (κ1) is 19.9. The lowest BCUT2D eigenvalue weighted by Crippen LogP contribution is -2.33. The maximum absolute atomic E-state index is 11.4. The molecule has 0 fully saturated rings. The molecule has 0 bridgehead atoms. The number of ether oxygens (including phenoxy) is 2. The first-order chi connectivity index (χ1) is 12.5. The first-order valence-corrected chi connectivity index (χ1v) is 8.44. The molecule has 0 spiro atoms. The van der Waals surface area contributed by atoms with Gasteiger partial charge in [-0.25, -0.2) is 0 Å². The highest BCUT2D eigenvalue weighted by atomic mass is 16.5. The third-order valence-corrected chi connectivity index (χ3v) is 3.90. The lowest BCUT2D eigenvalue weighted by atomic mass is 10.1. The van der Waals surface area contributed by atoms with Crippen LogP contribution in [0.15, 0.2) is 48.5 Å². The van der Waals surface area contributed by atoms with E-state index in [2.05, 4.69) is 5.32 Å². The molecular weight excluding hydrogens is 334 g/mol. The number of aliphatic hydroxyl groups excluding tert-OH is 2. The summed E-state index contributed by atoms with van der Waals surface area (Å²) in [5, 5.41) is 23.1. The summed E-state index contributed by atoms with van der Waals surface area (Å²) < 4.78 is 10.8. The van der Waals surface area contributed by atoms with Crippen LogP contribution in [0.5, 0.6) is 11.5 Å². The van der Waals surface area contributed by atoms with E-state index in [0.717, 1.165) is 5.56 Å². The highest BCUT2D eigenvalue weighted by molar-refractivity contribution is 5.94. The molecule has 2 aromatic rings. The van der Waals surface area contributed by atoms with Crippen molar-refractivity contribution in [3.63, 3.8) is 0 Å². The van der Waals surface area contributed by atoms with Gasteiger partial charge in [0.25, 0.3) is 0 Å². The Morgan fingerprint density at radius 3 is 2.46 bits per heavy atom. The Hall–Kier alpha value is -2.41. The van der Waals surface area contributed by atoms with Crippen molar-refractivity contribution >= 4 is 5.78 Å². The minimum absolute atomic E-state index is 0.0592. The van der Waals surface area contributed by atoms with Gasteiger partial charge in [0.2, 0.25) is 0 Å². The minimum Gasteiger partial charge on any atom is -0.493 e. The number of aliphatic hydroxyl groups is 2. The molecule has 3 N–H and O–H groups in total. The van der Waals surface area contributed by atoms with Crippen LogP contribution in [0.3, 0.4) is 0 Å². The number of benzene rings is 2. The average Bonchev–Trinajstić information content (AvgIpc) is 2.66. The van der Waals surface area contributed by atoms with E-state index in [1.54, 1.807) is 18.2 Å². The zero-order valence-electron chi connectivity index (χ0n) is 15.0. The molecule has 0 radical (unpaired) electrons. The minimum atomic E-state index is -0.754. The number of nitrogens with one attached hydrogen (secondary N) is 1. The van der Waals surface area contributed by atoms with E-state index in [1.165, 1.54) is 14.0 Å². The number of hydrogen-bond acceptors (Lipinski definition) is 6. The second-order valence-corrected chi connectivity index (χ2v) is 5.97. The van der Waals surface area contributed by atoms with E-state index in [4.69, 9.17) is 9.47 Å². The Labute approximate surface area is 153 Å². The molecule has 140 valence electrons. The summed E-state index contributed by atoms with van der Waals surface area (Å²) in [4.78, 5) is 11.4. The number of carbonyl (C=O) groups excluding carboxylic acids is 1.